The number of amides is 8. The van der Waals surface area contributed by atoms with Crippen molar-refractivity contribution in [1.29, 1.82) is 0 Å². The number of nitrogens with zero attached hydrogens (tertiary/aromatic N) is 4. The predicted octanol–water partition coefficient (Wildman–Crippen LogP) is 29.1. The lowest BCUT2D eigenvalue weighted by atomic mass is 9.65. The second kappa shape index (κ2) is 43.3. The number of carbonyl (C=O) groups is 8. The molecule has 0 fully saturated rings. The Labute approximate surface area is 825 Å². The van der Waals surface area contributed by atoms with Gasteiger partial charge >= 0.3 is 0 Å². The lowest BCUT2D eigenvalue weighted by Gasteiger charge is -2.40. The van der Waals surface area contributed by atoms with E-state index < -0.39 is 72.8 Å². The van der Waals surface area contributed by atoms with Gasteiger partial charge in [0.1, 0.15) is 0 Å². The number of benzene rings is 8. The fourth-order valence-corrected chi connectivity index (χ4v) is 26.9. The number of sulfonamides is 2. The molecule has 8 amide bonds. The maximum atomic E-state index is 16.5. The Bertz CT molecular complexity index is 6140. The molecule has 0 saturated carbocycles. The van der Waals surface area contributed by atoms with Crippen molar-refractivity contribution in [1.82, 2.24) is 9.80 Å². The van der Waals surface area contributed by atoms with Gasteiger partial charge in [0.05, 0.1) is 58.9 Å². The van der Waals surface area contributed by atoms with Gasteiger partial charge in [-0.05, 0) is 221 Å². The molecule has 4 heterocycles. The van der Waals surface area contributed by atoms with E-state index >= 15 is 38.4 Å². The van der Waals surface area contributed by atoms with Crippen LogP contribution in [0.5, 0.6) is 0 Å². The number of hydrogen-bond donors (Lipinski definition) is 2. The van der Waals surface area contributed by atoms with Crippen LogP contribution in [0.4, 0.5) is 22.7 Å². The number of unbranched alkanes of at least 4 members (excludes halogenated alkanes) is 26. The normalized spacial score (nSPS) is 19.4. The van der Waals surface area contributed by atoms with Gasteiger partial charge in [0.15, 0.2) is 0 Å². The fourth-order valence-electron chi connectivity index (χ4n) is 25.7. The topological polar surface area (TPSA) is 242 Å². The van der Waals surface area contributed by atoms with Gasteiger partial charge < -0.3 is 0 Å². The van der Waals surface area contributed by atoms with Crippen LogP contribution in [0.1, 0.15) is 446 Å². The van der Waals surface area contributed by atoms with Crippen molar-refractivity contribution in [3.8, 4) is 11.1 Å². The molecule has 0 bridgehead atoms. The van der Waals surface area contributed by atoms with E-state index in [4.69, 9.17) is 0 Å². The molecule has 8 aromatic rings. The minimum atomic E-state index is -4.23. The van der Waals surface area contributed by atoms with Gasteiger partial charge in [0.25, 0.3) is 23.6 Å². The Morgan fingerprint density at radius 3 is 0.835 bits per heavy atom. The molecule has 20 heteroatoms. The minimum Gasteiger partial charge on any atom is -0.282 e. The van der Waals surface area contributed by atoms with Crippen molar-refractivity contribution in [2.45, 2.75) is 354 Å². The molecule has 5 aliphatic carbocycles. The lowest BCUT2D eigenvalue weighted by molar-refractivity contribution is -0.131. The Kier molecular flexibility index (Phi) is 31.3. The maximum Gasteiger partial charge on any atom is 0.265 e. The summed E-state index contributed by atoms with van der Waals surface area (Å²) in [5, 5.41) is 5.99. The molecule has 4 aliphatic heterocycles. The van der Waals surface area contributed by atoms with Gasteiger partial charge in [0.2, 0.25) is 43.7 Å². The van der Waals surface area contributed by atoms with Crippen LogP contribution in [-0.2, 0) is 44.6 Å². The second-order valence-corrected chi connectivity index (χ2v) is 46.0. The van der Waals surface area contributed by atoms with Crippen molar-refractivity contribution in [3.63, 3.8) is 0 Å². The first-order valence-corrected chi connectivity index (χ1v) is 57.8. The predicted molar refractivity (Wildman–Crippen MR) is 569 cm³/mol. The zero-order valence-electron chi connectivity index (χ0n) is 84.3. The number of rotatable bonds is 54. The third kappa shape index (κ3) is 19.5. The van der Waals surface area contributed by atoms with Crippen LogP contribution in [0.2, 0.25) is 0 Å². The van der Waals surface area contributed by atoms with Crippen molar-refractivity contribution in [2.24, 2.45) is 23.7 Å². The molecule has 8 atom stereocenters. The average molecular weight is 1920 g/mol. The van der Waals surface area contributed by atoms with Crippen LogP contribution < -0.4 is 19.2 Å². The average Bonchev–Trinajstić information content (AvgIpc) is 1.47. The lowest BCUT2D eigenvalue weighted by Crippen LogP contribution is -2.47. The Balaban J connectivity index is 0.750. The Morgan fingerprint density at radius 1 is 0.302 bits per heavy atom. The Morgan fingerprint density at radius 2 is 0.561 bits per heavy atom. The van der Waals surface area contributed by atoms with Crippen LogP contribution in [0.15, 0.2) is 97.1 Å². The van der Waals surface area contributed by atoms with Crippen molar-refractivity contribution >= 4 is 157 Å². The molecule has 0 saturated heterocycles. The monoisotopic (exact) mass is 1920 g/mol. The standard InChI is InChI=1S/C119H148N6O12S2/c1-11-19-25-29-33-35-39-43-49-77(47-41-37-31-27-21-13-3)73-122-111(126)87-59-51-79-83-55-63-91-109-92(64-56-84(105(83)109)80-52-60-88(112(122)127)107(87)103(79)80)116(131)124(115(91)130)101-67-95-96-68-102(100(121-139(10,136)137)70-98(96)119(71-75(17-7)45-23-15-5,72-76(18-8)46-24-16-6)97(95)69-99(101)120-138(9,134)135)125-117(132)93-65-57-85-81-53-61-89-108-90(62-54-82(104(81)108)86-58-66-94(118(125)133)110(93)106(85)86)114(129)123(113(89)128)74-78(48-42-38-32-28-22-14-4)50-44-40-36-34-30-26-20-12-2/h51-70,75-78,87,89,92,94,120-121H,11-50,71-74H2,1-10H3. The number of imide groups is 4. The van der Waals surface area contributed by atoms with Crippen molar-refractivity contribution in [3.05, 3.63) is 175 Å². The number of fused-ring (bicyclic) bond motifs is 7. The molecule has 2 N–H and O–H groups in total. The number of hydrogen-bond acceptors (Lipinski definition) is 12. The summed E-state index contributed by atoms with van der Waals surface area (Å²) < 4.78 is 63.3. The number of carbonyl (C=O) groups excluding carboxylic acids is 8. The first-order chi connectivity index (χ1) is 67.3. The summed E-state index contributed by atoms with van der Waals surface area (Å²) >= 11 is 0. The zero-order valence-corrected chi connectivity index (χ0v) is 85.9. The number of anilines is 4. The number of nitrogens with one attached hydrogen (secondary N) is 2. The van der Waals surface area contributed by atoms with E-state index in [1.54, 1.807) is 58.4 Å². The maximum absolute atomic E-state index is 16.5. The molecule has 0 radical (unpaired) electrons. The third-order valence-corrected chi connectivity index (χ3v) is 34.1. The van der Waals surface area contributed by atoms with Gasteiger partial charge in [-0.15, -0.1) is 0 Å². The largest absolute Gasteiger partial charge is 0.282 e. The molecular weight excluding hydrogens is 1770 g/mol. The third-order valence-electron chi connectivity index (χ3n) is 32.9. The highest BCUT2D eigenvalue weighted by Crippen LogP contribution is 2.62. The summed E-state index contributed by atoms with van der Waals surface area (Å²) in [4.78, 5) is 132. The van der Waals surface area contributed by atoms with Crippen LogP contribution in [0.25, 0.3) is 78.5 Å². The van der Waals surface area contributed by atoms with Gasteiger partial charge in [-0.25, -0.2) is 26.6 Å². The van der Waals surface area contributed by atoms with Crippen LogP contribution in [-0.4, -0.2) is 99.5 Å². The summed E-state index contributed by atoms with van der Waals surface area (Å²) in [6.07, 6.45) is 62.3. The minimum absolute atomic E-state index is 0.0246. The molecule has 738 valence electrons. The molecule has 9 aliphatic rings. The van der Waals surface area contributed by atoms with E-state index in [9.17, 15) is 16.8 Å². The molecule has 17 rings (SSSR count). The molecule has 0 aromatic heterocycles. The molecule has 0 spiro atoms. The van der Waals surface area contributed by atoms with Crippen LogP contribution in [0, 0.1) is 23.7 Å². The van der Waals surface area contributed by atoms with E-state index in [0.717, 1.165) is 205 Å². The second-order valence-electron chi connectivity index (χ2n) is 42.5. The molecule has 18 nitrogen and oxygen atoms in total. The van der Waals surface area contributed by atoms with Crippen LogP contribution >= 0.6 is 0 Å². The van der Waals surface area contributed by atoms with Gasteiger partial charge in [-0.1, -0.05) is 359 Å². The highest BCUT2D eigenvalue weighted by Gasteiger charge is 2.53. The van der Waals surface area contributed by atoms with Gasteiger partial charge in [-0.2, -0.15) is 0 Å². The highest BCUT2D eigenvalue weighted by molar-refractivity contribution is 7.92. The molecular formula is C119H148N6O12S2. The Hall–Kier alpha value is -10.2. The summed E-state index contributed by atoms with van der Waals surface area (Å²) in [5.74, 6) is -6.77. The van der Waals surface area contributed by atoms with Gasteiger partial charge in [-0.3, -0.25) is 57.6 Å². The summed E-state index contributed by atoms with van der Waals surface area (Å²) in [7, 11) is -8.47. The van der Waals surface area contributed by atoms with Crippen molar-refractivity contribution in [2.75, 3.05) is 44.8 Å². The van der Waals surface area contributed by atoms with E-state index in [0.29, 0.717) is 92.3 Å². The molecule has 139 heavy (non-hydrogen) atoms. The SMILES string of the molecule is CCCCCCCCCCC(CCCCCCCC)CN1C(=O)c2ccc3c4c5c6c(ccc5c5c3c2C(C=C5)C1=O)C(=O)N(c1cc2c(cc1NS(C)(=O)=O)C(CC(CC)CCCC)(CC(CC)CCCC)c1cc(NS(C)(=O)=O)c(N3C(=O)c5ccc7c8c9c%10c(ccc9c9c7c5C(C=C9)C3=O)C(=O)N(CC(CCCCCCCC)CCCCCCCCCC)C(=O)C%10C=C8)cc1-2)C(=O)C6C=C4. The summed E-state index contributed by atoms with van der Waals surface area (Å²) in [6, 6.07) is 21.9. The van der Waals surface area contributed by atoms with Crippen molar-refractivity contribution < 1.29 is 55.2 Å². The fraction of sp³-hybridized carbons (Fsp3) is 0.529. The highest BCUT2D eigenvalue weighted by atomic mass is 32.2. The zero-order chi connectivity index (χ0) is 97.9. The van der Waals surface area contributed by atoms with E-state index in [1.807, 2.05) is 72.9 Å². The van der Waals surface area contributed by atoms with E-state index in [2.05, 4.69) is 64.8 Å². The van der Waals surface area contributed by atoms with E-state index in [-0.39, 0.29) is 81.2 Å². The first-order valence-electron chi connectivity index (χ1n) is 54.0. The van der Waals surface area contributed by atoms with E-state index in [1.165, 1.54) is 128 Å². The summed E-state index contributed by atoms with van der Waals surface area (Å²) in [5.41, 5.74) is 7.98. The van der Waals surface area contributed by atoms with Crippen LogP contribution in [0.3, 0.4) is 0 Å². The molecule has 8 aromatic carbocycles. The smallest absolute Gasteiger partial charge is 0.265 e. The van der Waals surface area contributed by atoms with Gasteiger partial charge in [0, 0.05) is 40.8 Å². The first kappa shape index (κ1) is 100. The molecule has 8 unspecified atom stereocenters. The quantitative estimate of drug-likeness (QED) is 0.0205. The summed E-state index contributed by atoms with van der Waals surface area (Å²) in [6.45, 7) is 18.4.